The second-order valence-corrected chi connectivity index (χ2v) is 12.4. The summed E-state index contributed by atoms with van der Waals surface area (Å²) in [5, 5.41) is 10.3. The van der Waals surface area contributed by atoms with Crippen LogP contribution in [0.4, 0.5) is 10.1 Å². The number of rotatable bonds is 4. The van der Waals surface area contributed by atoms with Gasteiger partial charge >= 0.3 is 0 Å². The van der Waals surface area contributed by atoms with Gasteiger partial charge in [-0.2, -0.15) is 0 Å². The van der Waals surface area contributed by atoms with Crippen molar-refractivity contribution in [2.75, 3.05) is 18.6 Å². The molecule has 6 rings (SSSR count). The molecule has 0 unspecified atom stereocenters. The average Bonchev–Trinajstić information content (AvgIpc) is 3.28. The van der Waals surface area contributed by atoms with E-state index >= 15 is 0 Å². The fourth-order valence-electron chi connectivity index (χ4n) is 7.07. The first-order chi connectivity index (χ1) is 19.4. The molecule has 2 heterocycles. The standard InChI is InChI=1S/C29H24Cl3FN2O6/c1-3-34-24(37)17-9-8-16-18(21(17)25(34)38)12-28(31)26(39)35(15-6-4-14(33)5-7-15)27(40)29(28,32)22(16)13-10-19(30)23(36)20(11-13)41-2/h4-8,10-11,17-18,21-22,36H,3,9,12H2,1-2H3/t17-,18+,21-,22-,28+,29-/m0/s1. The second-order valence-electron chi connectivity index (χ2n) is 10.7. The summed E-state index contributed by atoms with van der Waals surface area (Å²) in [7, 11) is 1.33. The lowest BCUT2D eigenvalue weighted by molar-refractivity contribution is -0.140. The van der Waals surface area contributed by atoms with Crippen LogP contribution in [-0.2, 0) is 19.2 Å². The molecule has 0 bridgehead atoms. The fraction of sp³-hybridized carbons (Fsp3) is 0.379. The van der Waals surface area contributed by atoms with E-state index in [1.54, 1.807) is 13.0 Å². The van der Waals surface area contributed by atoms with Gasteiger partial charge in [0.05, 0.1) is 29.7 Å². The molecule has 6 atom stereocenters. The summed E-state index contributed by atoms with van der Waals surface area (Å²) < 4.78 is 19.0. The van der Waals surface area contributed by atoms with Gasteiger partial charge in [0, 0.05) is 12.5 Å². The van der Waals surface area contributed by atoms with Crippen LogP contribution in [0.15, 0.2) is 48.0 Å². The van der Waals surface area contributed by atoms with Crippen molar-refractivity contribution >= 4 is 64.1 Å². The molecule has 1 saturated carbocycles. The minimum Gasteiger partial charge on any atom is -0.503 e. The fourth-order valence-corrected chi connectivity index (χ4v) is 8.22. The Morgan fingerprint density at radius 2 is 1.73 bits per heavy atom. The van der Waals surface area contributed by atoms with Crippen molar-refractivity contribution in [2.45, 2.75) is 35.4 Å². The van der Waals surface area contributed by atoms with E-state index in [1.165, 1.54) is 36.3 Å². The molecule has 0 radical (unpaired) electrons. The second kappa shape index (κ2) is 9.44. The van der Waals surface area contributed by atoms with E-state index in [0.29, 0.717) is 11.1 Å². The van der Waals surface area contributed by atoms with Crippen molar-refractivity contribution in [2.24, 2.45) is 17.8 Å². The third kappa shape index (κ3) is 3.58. The van der Waals surface area contributed by atoms with E-state index in [4.69, 9.17) is 39.5 Å². The Balaban J connectivity index is 1.59. The highest BCUT2D eigenvalue weighted by Gasteiger charge is 2.76. The number of nitrogens with zero attached hydrogens (tertiary/aromatic N) is 2. The number of halogens is 4. The molecule has 41 heavy (non-hydrogen) atoms. The number of hydrogen-bond acceptors (Lipinski definition) is 6. The van der Waals surface area contributed by atoms with Gasteiger partial charge in [0.2, 0.25) is 11.8 Å². The zero-order valence-electron chi connectivity index (χ0n) is 21.9. The Morgan fingerprint density at radius 1 is 1.05 bits per heavy atom. The minimum atomic E-state index is -2.11. The van der Waals surface area contributed by atoms with Crippen LogP contribution in [0.3, 0.4) is 0 Å². The smallest absolute Gasteiger partial charge is 0.258 e. The van der Waals surface area contributed by atoms with E-state index in [1.807, 2.05) is 0 Å². The number of amides is 4. The molecule has 2 aromatic carbocycles. The number of phenols is 1. The quantitative estimate of drug-likeness (QED) is 0.300. The summed E-state index contributed by atoms with van der Waals surface area (Å²) >= 11 is 20.9. The van der Waals surface area contributed by atoms with Gasteiger partial charge in [0.25, 0.3) is 11.8 Å². The number of ether oxygens (including phenoxy) is 1. The third-order valence-electron chi connectivity index (χ3n) is 8.91. The molecule has 1 N–H and O–H groups in total. The Hall–Kier alpha value is -3.14. The van der Waals surface area contributed by atoms with Gasteiger partial charge in [-0.3, -0.25) is 24.1 Å². The molecule has 3 fully saturated rings. The average molecular weight is 622 g/mol. The monoisotopic (exact) mass is 620 g/mol. The molecule has 2 aromatic rings. The predicted molar refractivity (Wildman–Crippen MR) is 149 cm³/mol. The van der Waals surface area contributed by atoms with Crippen LogP contribution in [0.5, 0.6) is 11.5 Å². The van der Waals surface area contributed by atoms with Gasteiger partial charge in [0.1, 0.15) is 5.82 Å². The molecule has 0 aromatic heterocycles. The van der Waals surface area contributed by atoms with Gasteiger partial charge in [-0.1, -0.05) is 23.3 Å². The zero-order valence-corrected chi connectivity index (χ0v) is 24.1. The molecule has 2 saturated heterocycles. The molecule has 2 aliphatic heterocycles. The number of hydrogen-bond donors (Lipinski definition) is 1. The number of anilines is 1. The van der Waals surface area contributed by atoms with Crippen molar-refractivity contribution in [1.29, 1.82) is 0 Å². The first-order valence-corrected chi connectivity index (χ1v) is 14.2. The first-order valence-electron chi connectivity index (χ1n) is 13.0. The number of benzene rings is 2. The van der Waals surface area contributed by atoms with E-state index in [0.717, 1.165) is 17.0 Å². The highest BCUT2D eigenvalue weighted by atomic mass is 35.5. The van der Waals surface area contributed by atoms with Crippen LogP contribution >= 0.6 is 34.8 Å². The lowest BCUT2D eigenvalue weighted by atomic mass is 9.56. The van der Waals surface area contributed by atoms with Crippen LogP contribution in [-0.4, -0.2) is 57.0 Å². The molecule has 12 heteroatoms. The van der Waals surface area contributed by atoms with Gasteiger partial charge < -0.3 is 9.84 Å². The molecule has 4 amide bonds. The van der Waals surface area contributed by atoms with Crippen LogP contribution in [0.1, 0.15) is 31.2 Å². The van der Waals surface area contributed by atoms with Gasteiger partial charge in [-0.05, 0) is 67.6 Å². The number of allylic oxidation sites excluding steroid dienone is 2. The number of alkyl halides is 2. The van der Waals surface area contributed by atoms with Crippen molar-refractivity contribution in [3.8, 4) is 11.5 Å². The van der Waals surface area contributed by atoms with Gasteiger partial charge in [-0.25, -0.2) is 9.29 Å². The molecule has 4 aliphatic rings. The lowest BCUT2D eigenvalue weighted by Crippen LogP contribution is -2.60. The summed E-state index contributed by atoms with van der Waals surface area (Å²) in [6.45, 7) is 1.91. The summed E-state index contributed by atoms with van der Waals surface area (Å²) in [6.07, 6.45) is 1.83. The summed E-state index contributed by atoms with van der Waals surface area (Å²) in [5.74, 6) is -6.47. The van der Waals surface area contributed by atoms with Crippen LogP contribution in [0, 0.1) is 23.6 Å². The maximum absolute atomic E-state index is 14.3. The number of carbonyl (C=O) groups excluding carboxylic acids is 4. The van der Waals surface area contributed by atoms with Crippen molar-refractivity contribution < 1.29 is 33.4 Å². The van der Waals surface area contributed by atoms with Gasteiger partial charge in [-0.15, -0.1) is 23.2 Å². The van der Waals surface area contributed by atoms with Crippen molar-refractivity contribution in [3.63, 3.8) is 0 Å². The number of likely N-dealkylation sites (tertiary alicyclic amines) is 1. The van der Waals surface area contributed by atoms with E-state index in [9.17, 15) is 28.7 Å². The normalized spacial score (nSPS) is 32.6. The number of carbonyl (C=O) groups is 4. The number of aromatic hydroxyl groups is 1. The highest BCUT2D eigenvalue weighted by molar-refractivity contribution is 6.58. The predicted octanol–water partition coefficient (Wildman–Crippen LogP) is 4.78. The van der Waals surface area contributed by atoms with E-state index in [2.05, 4.69) is 0 Å². The van der Waals surface area contributed by atoms with Crippen LogP contribution < -0.4 is 9.64 Å². The highest BCUT2D eigenvalue weighted by Crippen LogP contribution is 2.66. The largest absolute Gasteiger partial charge is 0.503 e. The number of imide groups is 2. The summed E-state index contributed by atoms with van der Waals surface area (Å²) in [5.41, 5.74) is 0.975. The Morgan fingerprint density at radius 3 is 2.37 bits per heavy atom. The number of phenolic OH excluding ortho intramolecular Hbond substituents is 1. The minimum absolute atomic E-state index is 0.000732. The third-order valence-corrected chi connectivity index (χ3v) is 10.6. The SMILES string of the molecule is CCN1C(=O)[C@H]2[C@H](CC=C3[C@H]2C[C@@]2(Cl)C(=O)N(c4ccc(F)cc4)C(=O)[C@@]2(Cl)[C@H]3c2cc(Cl)c(O)c(OC)c2)C1=O. The van der Waals surface area contributed by atoms with Gasteiger partial charge in [0.15, 0.2) is 21.2 Å². The molecular formula is C29H24Cl3FN2O6. The van der Waals surface area contributed by atoms with Crippen LogP contribution in [0.25, 0.3) is 0 Å². The molecule has 2 aliphatic carbocycles. The van der Waals surface area contributed by atoms with Crippen LogP contribution in [0.2, 0.25) is 5.02 Å². The number of methoxy groups -OCH3 is 1. The first kappa shape index (κ1) is 28.0. The lowest BCUT2D eigenvalue weighted by Gasteiger charge is -2.50. The Kier molecular flexibility index (Phi) is 6.45. The molecule has 214 valence electrons. The maximum atomic E-state index is 14.3. The zero-order chi connectivity index (χ0) is 29.6. The van der Waals surface area contributed by atoms with Crippen molar-refractivity contribution in [3.05, 3.63) is 64.5 Å². The summed E-state index contributed by atoms with van der Waals surface area (Å²) in [4.78, 5) is 53.0. The summed E-state index contributed by atoms with van der Waals surface area (Å²) in [6, 6.07) is 7.64. The Labute approximate surface area is 249 Å². The van der Waals surface area contributed by atoms with E-state index < -0.39 is 51.1 Å². The molecule has 0 spiro atoms. The Bertz CT molecular complexity index is 1560. The van der Waals surface area contributed by atoms with E-state index in [-0.39, 0.29) is 53.4 Å². The van der Waals surface area contributed by atoms with Crippen molar-refractivity contribution in [1.82, 2.24) is 4.90 Å². The number of fused-ring (bicyclic) bond motifs is 4. The molecule has 8 nitrogen and oxygen atoms in total. The maximum Gasteiger partial charge on any atom is 0.258 e. The molecular weight excluding hydrogens is 598 g/mol. The topological polar surface area (TPSA) is 104 Å².